The topological polar surface area (TPSA) is 25.2 Å². The molecule has 1 N–H and O–H groups in total. The Morgan fingerprint density at radius 1 is 1.41 bits per heavy atom. The molecule has 90 valence electrons. The molecule has 1 atom stereocenters. The molecule has 1 aromatic heterocycles. The molecule has 0 saturated carbocycles. The van der Waals surface area contributed by atoms with E-state index < -0.39 is 0 Å². The predicted octanol–water partition coefficient (Wildman–Crippen LogP) is 4.04. The fourth-order valence-electron chi connectivity index (χ4n) is 1.79. The van der Waals surface area contributed by atoms with E-state index in [0.717, 1.165) is 11.4 Å². The van der Waals surface area contributed by atoms with Gasteiger partial charge in [0.2, 0.25) is 0 Å². The lowest BCUT2D eigenvalue weighted by molar-refractivity contribution is 0.551. The maximum absolute atomic E-state index is 6.05. The molecule has 0 aliphatic carbocycles. The molecule has 0 saturated heterocycles. The Hall–Kier alpha value is -0.520. The average Bonchev–Trinajstić information content (AvgIpc) is 2.82. The number of rotatable bonds is 4. The lowest BCUT2D eigenvalue weighted by Crippen LogP contribution is -2.19. The zero-order valence-electron chi connectivity index (χ0n) is 9.41. The van der Waals surface area contributed by atoms with Gasteiger partial charge in [0.1, 0.15) is 0 Å². The highest BCUT2D eigenvalue weighted by Gasteiger charge is 2.14. The van der Waals surface area contributed by atoms with E-state index in [1.165, 1.54) is 14.7 Å². The first kappa shape index (κ1) is 12.9. The molecular weight excluding hydrogens is 349 g/mol. The summed E-state index contributed by atoms with van der Waals surface area (Å²) in [5.74, 6) is 0. The van der Waals surface area contributed by atoms with Crippen LogP contribution in [0, 0.1) is 3.57 Å². The second-order valence-electron chi connectivity index (χ2n) is 3.84. The van der Waals surface area contributed by atoms with Crippen LogP contribution in [0.4, 0.5) is 0 Å². The van der Waals surface area contributed by atoms with Gasteiger partial charge in [-0.25, -0.2) is 0 Å². The molecule has 0 bridgehead atoms. The molecule has 1 heterocycles. The van der Waals surface area contributed by atoms with Crippen molar-refractivity contribution >= 4 is 34.2 Å². The summed E-state index contributed by atoms with van der Waals surface area (Å²) >= 11 is 8.38. The van der Waals surface area contributed by atoms with Crippen LogP contribution >= 0.6 is 34.2 Å². The first-order valence-corrected chi connectivity index (χ1v) is 6.79. The van der Waals surface area contributed by atoms with Crippen molar-refractivity contribution in [3.63, 3.8) is 0 Å². The Kier molecular flexibility index (Phi) is 4.48. The lowest BCUT2D eigenvalue weighted by atomic mass is 10.0. The fraction of sp³-hybridized carbons (Fsp3) is 0.231. The Bertz CT molecular complexity index is 484. The molecule has 0 fully saturated rings. The SMILES string of the molecule is CNC(Cc1ccoc1)c1cc(Cl)ccc1I. The fourth-order valence-corrected chi connectivity index (χ4v) is 2.69. The first-order chi connectivity index (χ1) is 8.20. The Morgan fingerprint density at radius 2 is 2.24 bits per heavy atom. The monoisotopic (exact) mass is 361 g/mol. The smallest absolute Gasteiger partial charge is 0.0935 e. The van der Waals surface area contributed by atoms with Crippen LogP contribution in [0.2, 0.25) is 5.02 Å². The van der Waals surface area contributed by atoms with E-state index in [1.54, 1.807) is 12.5 Å². The third-order valence-electron chi connectivity index (χ3n) is 2.70. The van der Waals surface area contributed by atoms with Gasteiger partial charge < -0.3 is 9.73 Å². The van der Waals surface area contributed by atoms with Crippen LogP contribution in [-0.4, -0.2) is 7.05 Å². The van der Waals surface area contributed by atoms with Crippen LogP contribution in [0.15, 0.2) is 41.2 Å². The summed E-state index contributed by atoms with van der Waals surface area (Å²) in [6.45, 7) is 0. The number of likely N-dealkylation sites (N-methyl/N-ethyl adjacent to an activating group) is 1. The third kappa shape index (κ3) is 3.24. The second-order valence-corrected chi connectivity index (χ2v) is 5.44. The molecule has 0 aliphatic heterocycles. The number of furan rings is 1. The summed E-state index contributed by atoms with van der Waals surface area (Å²) < 4.78 is 6.31. The minimum Gasteiger partial charge on any atom is -0.472 e. The average molecular weight is 362 g/mol. The van der Waals surface area contributed by atoms with Crippen molar-refractivity contribution in [2.75, 3.05) is 7.05 Å². The highest BCUT2D eigenvalue weighted by atomic mass is 127. The normalized spacial score (nSPS) is 12.6. The molecule has 0 radical (unpaired) electrons. The van der Waals surface area contributed by atoms with Crippen molar-refractivity contribution in [2.24, 2.45) is 0 Å². The first-order valence-electron chi connectivity index (χ1n) is 5.34. The Balaban J connectivity index is 2.25. The van der Waals surface area contributed by atoms with Gasteiger partial charge in [0.25, 0.3) is 0 Å². The molecule has 0 amide bonds. The quantitative estimate of drug-likeness (QED) is 0.832. The highest BCUT2D eigenvalue weighted by molar-refractivity contribution is 14.1. The molecule has 4 heteroatoms. The van der Waals surface area contributed by atoms with Crippen molar-refractivity contribution in [3.05, 3.63) is 56.5 Å². The largest absolute Gasteiger partial charge is 0.472 e. The van der Waals surface area contributed by atoms with Crippen molar-refractivity contribution in [1.82, 2.24) is 5.32 Å². The number of halogens is 2. The van der Waals surface area contributed by atoms with Crippen molar-refractivity contribution in [1.29, 1.82) is 0 Å². The van der Waals surface area contributed by atoms with E-state index in [9.17, 15) is 0 Å². The van der Waals surface area contributed by atoms with Gasteiger partial charge in [-0.2, -0.15) is 0 Å². The summed E-state index contributed by atoms with van der Waals surface area (Å²) in [6, 6.07) is 8.21. The van der Waals surface area contributed by atoms with Gasteiger partial charge in [-0.05, 0) is 71.5 Å². The van der Waals surface area contributed by atoms with Crippen LogP contribution in [-0.2, 0) is 6.42 Å². The number of hydrogen-bond donors (Lipinski definition) is 1. The van der Waals surface area contributed by atoms with E-state index in [-0.39, 0.29) is 6.04 Å². The highest BCUT2D eigenvalue weighted by Crippen LogP contribution is 2.26. The van der Waals surface area contributed by atoms with Crippen LogP contribution in [0.3, 0.4) is 0 Å². The molecule has 2 nitrogen and oxygen atoms in total. The van der Waals surface area contributed by atoms with E-state index in [1.807, 2.05) is 31.3 Å². The molecule has 17 heavy (non-hydrogen) atoms. The zero-order valence-corrected chi connectivity index (χ0v) is 12.3. The lowest BCUT2D eigenvalue weighted by Gasteiger charge is -2.17. The van der Waals surface area contributed by atoms with E-state index in [2.05, 4.69) is 27.9 Å². The van der Waals surface area contributed by atoms with Gasteiger partial charge in [0.05, 0.1) is 12.5 Å². The van der Waals surface area contributed by atoms with Crippen LogP contribution in [0.1, 0.15) is 17.2 Å². The maximum Gasteiger partial charge on any atom is 0.0935 e. The zero-order chi connectivity index (χ0) is 12.3. The second kappa shape index (κ2) is 5.89. The summed E-state index contributed by atoms with van der Waals surface area (Å²) in [5.41, 5.74) is 2.40. The number of nitrogens with one attached hydrogen (secondary N) is 1. The van der Waals surface area contributed by atoms with Crippen molar-refractivity contribution in [2.45, 2.75) is 12.5 Å². The molecule has 2 aromatic rings. The molecular formula is C13H13ClINO. The molecule has 0 spiro atoms. The van der Waals surface area contributed by atoms with Gasteiger partial charge in [0.15, 0.2) is 0 Å². The number of benzene rings is 1. The van der Waals surface area contributed by atoms with Gasteiger partial charge >= 0.3 is 0 Å². The summed E-state index contributed by atoms with van der Waals surface area (Å²) in [7, 11) is 1.96. The van der Waals surface area contributed by atoms with Crippen LogP contribution in [0.5, 0.6) is 0 Å². The minimum absolute atomic E-state index is 0.248. The standard InChI is InChI=1S/C13H13ClINO/c1-16-13(6-9-4-5-17-8-9)11-7-10(14)2-3-12(11)15/h2-5,7-8,13,16H,6H2,1H3. The molecule has 1 unspecified atom stereocenters. The molecule has 1 aromatic carbocycles. The Morgan fingerprint density at radius 3 is 2.88 bits per heavy atom. The predicted molar refractivity (Wildman–Crippen MR) is 78.4 cm³/mol. The van der Waals surface area contributed by atoms with Crippen molar-refractivity contribution < 1.29 is 4.42 Å². The van der Waals surface area contributed by atoms with E-state index >= 15 is 0 Å². The van der Waals surface area contributed by atoms with Crippen LogP contribution < -0.4 is 5.32 Å². The van der Waals surface area contributed by atoms with E-state index in [0.29, 0.717) is 0 Å². The summed E-state index contributed by atoms with van der Waals surface area (Å²) in [5, 5.41) is 4.09. The van der Waals surface area contributed by atoms with Gasteiger partial charge in [0, 0.05) is 14.6 Å². The van der Waals surface area contributed by atoms with Gasteiger partial charge in [-0.15, -0.1) is 0 Å². The molecule has 0 aliphatic rings. The summed E-state index contributed by atoms with van der Waals surface area (Å²) in [4.78, 5) is 0. The van der Waals surface area contributed by atoms with Crippen molar-refractivity contribution in [3.8, 4) is 0 Å². The van der Waals surface area contributed by atoms with Crippen LogP contribution in [0.25, 0.3) is 0 Å². The van der Waals surface area contributed by atoms with Gasteiger partial charge in [-0.1, -0.05) is 11.6 Å². The third-order valence-corrected chi connectivity index (χ3v) is 3.92. The van der Waals surface area contributed by atoms with Gasteiger partial charge in [-0.3, -0.25) is 0 Å². The number of hydrogen-bond acceptors (Lipinski definition) is 2. The minimum atomic E-state index is 0.248. The maximum atomic E-state index is 6.05. The molecule has 2 rings (SSSR count). The van der Waals surface area contributed by atoms with E-state index in [4.69, 9.17) is 16.0 Å². The summed E-state index contributed by atoms with van der Waals surface area (Å²) in [6.07, 6.45) is 4.37. The Labute approximate surface area is 119 Å².